The van der Waals surface area contributed by atoms with E-state index in [2.05, 4.69) is 34.2 Å². The normalized spacial score (nSPS) is 12.2. The number of aliphatic imine (C=N–C) groups is 1. The molecule has 3 N–H and O–H groups in total. The van der Waals surface area contributed by atoms with Crippen molar-refractivity contribution in [1.29, 1.82) is 0 Å². The van der Waals surface area contributed by atoms with Crippen molar-refractivity contribution in [3.8, 4) is 0 Å². The van der Waals surface area contributed by atoms with Crippen molar-refractivity contribution in [3.63, 3.8) is 0 Å². The molecule has 0 saturated heterocycles. The van der Waals surface area contributed by atoms with E-state index >= 15 is 0 Å². The predicted molar refractivity (Wildman–Crippen MR) is 115 cm³/mol. The maximum absolute atomic E-state index is 11.0. The molecule has 0 amide bonds. The molecule has 150 valence electrons. The number of carbonyl (C=O) groups excluding carboxylic acids is 1. The van der Waals surface area contributed by atoms with E-state index in [1.54, 1.807) is 0 Å². The minimum Gasteiger partial charge on any atom is -0.469 e. The number of unbranched alkanes of at least 4 members (excludes halogenated alkanes) is 3. The number of hydrogen-bond acceptors (Lipinski definition) is 4. The van der Waals surface area contributed by atoms with Crippen molar-refractivity contribution < 1.29 is 14.6 Å². The summed E-state index contributed by atoms with van der Waals surface area (Å²) in [6.45, 7) is 6.92. The average molecular weight is 471 g/mol. The van der Waals surface area contributed by atoms with E-state index < -0.39 is 0 Å². The molecular weight excluding hydrogens is 433 g/mol. The molecule has 6 nitrogen and oxygen atoms in total. The third-order valence-electron chi connectivity index (χ3n) is 3.91. The Balaban J connectivity index is 0. The lowest BCUT2D eigenvalue weighted by atomic mass is 10.0. The van der Waals surface area contributed by atoms with Crippen LogP contribution in [0.15, 0.2) is 4.99 Å². The van der Waals surface area contributed by atoms with Crippen LogP contribution in [0.2, 0.25) is 0 Å². The molecule has 25 heavy (non-hydrogen) atoms. The van der Waals surface area contributed by atoms with Gasteiger partial charge in [0.15, 0.2) is 5.96 Å². The number of nitrogens with one attached hydrogen (secondary N) is 2. The van der Waals surface area contributed by atoms with Gasteiger partial charge in [-0.15, -0.1) is 24.0 Å². The van der Waals surface area contributed by atoms with Gasteiger partial charge in [0.2, 0.25) is 0 Å². The largest absolute Gasteiger partial charge is 0.469 e. The van der Waals surface area contributed by atoms with Gasteiger partial charge in [-0.1, -0.05) is 26.2 Å². The highest BCUT2D eigenvalue weighted by Gasteiger charge is 2.07. The van der Waals surface area contributed by atoms with Gasteiger partial charge in [0.25, 0.3) is 0 Å². The molecule has 0 saturated carbocycles. The lowest BCUT2D eigenvalue weighted by Gasteiger charge is -2.15. The summed E-state index contributed by atoms with van der Waals surface area (Å²) in [5.74, 6) is 1.18. The molecule has 0 aliphatic carbocycles. The van der Waals surface area contributed by atoms with Crippen LogP contribution >= 0.6 is 24.0 Å². The van der Waals surface area contributed by atoms with E-state index in [-0.39, 0.29) is 36.6 Å². The second kappa shape index (κ2) is 19.8. The molecular formula is C18H38IN3O3. The molecule has 0 aliphatic heterocycles. The van der Waals surface area contributed by atoms with Gasteiger partial charge >= 0.3 is 5.97 Å². The Morgan fingerprint density at radius 3 is 2.44 bits per heavy atom. The van der Waals surface area contributed by atoms with Gasteiger partial charge in [-0.3, -0.25) is 9.79 Å². The molecule has 1 unspecified atom stereocenters. The van der Waals surface area contributed by atoms with Crippen molar-refractivity contribution in [2.75, 3.05) is 33.4 Å². The summed E-state index contributed by atoms with van der Waals surface area (Å²) in [5.41, 5.74) is 0. The summed E-state index contributed by atoms with van der Waals surface area (Å²) in [5, 5.41) is 15.7. The fourth-order valence-electron chi connectivity index (χ4n) is 2.54. The molecule has 0 radical (unpaired) electrons. The molecule has 0 heterocycles. The quantitative estimate of drug-likeness (QED) is 0.119. The highest BCUT2D eigenvalue weighted by atomic mass is 127. The topological polar surface area (TPSA) is 83.0 Å². The highest BCUT2D eigenvalue weighted by molar-refractivity contribution is 14.0. The monoisotopic (exact) mass is 471 g/mol. The number of methoxy groups -OCH3 is 1. The minimum absolute atomic E-state index is 0. The van der Waals surface area contributed by atoms with Crippen LogP contribution in [0.4, 0.5) is 0 Å². The lowest BCUT2D eigenvalue weighted by Crippen LogP contribution is -2.38. The first kappa shape index (κ1) is 26.7. The van der Waals surface area contributed by atoms with E-state index in [0.717, 1.165) is 70.5 Å². The van der Waals surface area contributed by atoms with Crippen LogP contribution in [0.5, 0.6) is 0 Å². The third kappa shape index (κ3) is 16.6. The maximum atomic E-state index is 11.0. The first-order valence-corrected chi connectivity index (χ1v) is 9.37. The van der Waals surface area contributed by atoms with E-state index in [0.29, 0.717) is 12.3 Å². The summed E-state index contributed by atoms with van der Waals surface area (Å²) in [7, 11) is 1.43. The molecule has 7 heteroatoms. The SMILES string of the molecule is CCCC(CCO)CN=C(NCC)NCCCCCCC(=O)OC.I. The Bertz CT molecular complexity index is 336. The molecule has 0 aromatic carbocycles. The van der Waals surface area contributed by atoms with Gasteiger partial charge < -0.3 is 20.5 Å². The maximum Gasteiger partial charge on any atom is 0.305 e. The Hall–Kier alpha value is -0.570. The zero-order chi connectivity index (χ0) is 18.0. The average Bonchev–Trinajstić information content (AvgIpc) is 2.58. The summed E-state index contributed by atoms with van der Waals surface area (Å²) in [6.07, 6.45) is 7.63. The van der Waals surface area contributed by atoms with Gasteiger partial charge in [0.1, 0.15) is 0 Å². The van der Waals surface area contributed by atoms with Crippen molar-refractivity contribution >= 4 is 35.9 Å². The molecule has 0 bridgehead atoms. The standard InChI is InChI=1S/C18H37N3O3.HI/c1-4-10-16(12-14-22)15-21-18(19-5-2)20-13-9-7-6-8-11-17(23)24-3;/h16,22H,4-15H2,1-3H3,(H2,19,20,21);1H. The van der Waals surface area contributed by atoms with Gasteiger partial charge in [-0.2, -0.15) is 0 Å². The zero-order valence-corrected chi connectivity index (χ0v) is 18.5. The van der Waals surface area contributed by atoms with Crippen LogP contribution in [0, 0.1) is 5.92 Å². The van der Waals surface area contributed by atoms with E-state index in [1.807, 2.05) is 0 Å². The van der Waals surface area contributed by atoms with E-state index in [9.17, 15) is 4.79 Å². The number of aliphatic hydroxyl groups is 1. The number of rotatable bonds is 14. The molecule has 0 aromatic heterocycles. The Morgan fingerprint density at radius 2 is 1.84 bits per heavy atom. The lowest BCUT2D eigenvalue weighted by molar-refractivity contribution is -0.140. The van der Waals surface area contributed by atoms with Crippen LogP contribution in [0.3, 0.4) is 0 Å². The number of guanidine groups is 1. The summed E-state index contributed by atoms with van der Waals surface area (Å²) >= 11 is 0. The van der Waals surface area contributed by atoms with Crippen LogP contribution < -0.4 is 10.6 Å². The summed E-state index contributed by atoms with van der Waals surface area (Å²) in [4.78, 5) is 15.6. The van der Waals surface area contributed by atoms with Crippen LogP contribution in [0.1, 0.15) is 65.2 Å². The van der Waals surface area contributed by atoms with Gasteiger partial charge in [0, 0.05) is 32.7 Å². The number of halogens is 1. The van der Waals surface area contributed by atoms with Crippen molar-refractivity contribution in [2.24, 2.45) is 10.9 Å². The third-order valence-corrected chi connectivity index (χ3v) is 3.91. The first-order valence-electron chi connectivity index (χ1n) is 9.37. The minimum atomic E-state index is -0.126. The van der Waals surface area contributed by atoms with Crippen molar-refractivity contribution in [3.05, 3.63) is 0 Å². The Labute approximate surface area is 170 Å². The predicted octanol–water partition coefficient (Wildman–Crippen LogP) is 3.08. The summed E-state index contributed by atoms with van der Waals surface area (Å²) < 4.78 is 4.63. The molecule has 0 rings (SSSR count). The van der Waals surface area contributed by atoms with Crippen LogP contribution in [-0.4, -0.2) is 50.4 Å². The number of esters is 1. The Morgan fingerprint density at radius 1 is 1.12 bits per heavy atom. The smallest absolute Gasteiger partial charge is 0.305 e. The second-order valence-electron chi connectivity index (χ2n) is 6.05. The number of ether oxygens (including phenoxy) is 1. The Kier molecular flexibility index (Phi) is 21.1. The van der Waals surface area contributed by atoms with Gasteiger partial charge in [-0.05, 0) is 38.5 Å². The van der Waals surface area contributed by atoms with E-state index in [1.165, 1.54) is 7.11 Å². The fraction of sp³-hybridized carbons (Fsp3) is 0.889. The van der Waals surface area contributed by atoms with Gasteiger partial charge in [0.05, 0.1) is 7.11 Å². The molecule has 0 aromatic rings. The fourth-order valence-corrected chi connectivity index (χ4v) is 2.54. The molecule has 0 fully saturated rings. The van der Waals surface area contributed by atoms with Crippen LogP contribution in [-0.2, 0) is 9.53 Å². The summed E-state index contributed by atoms with van der Waals surface area (Å²) in [6, 6.07) is 0. The van der Waals surface area contributed by atoms with E-state index in [4.69, 9.17) is 5.11 Å². The van der Waals surface area contributed by atoms with Crippen molar-refractivity contribution in [1.82, 2.24) is 10.6 Å². The zero-order valence-electron chi connectivity index (χ0n) is 16.2. The second-order valence-corrected chi connectivity index (χ2v) is 6.05. The molecule has 0 aliphatic rings. The number of carbonyl (C=O) groups is 1. The molecule has 1 atom stereocenters. The van der Waals surface area contributed by atoms with Crippen molar-refractivity contribution in [2.45, 2.75) is 65.2 Å². The number of hydrogen-bond donors (Lipinski definition) is 3. The van der Waals surface area contributed by atoms with Gasteiger partial charge in [-0.25, -0.2) is 0 Å². The first-order chi connectivity index (χ1) is 11.7. The number of nitrogens with zero attached hydrogens (tertiary/aromatic N) is 1. The molecule has 0 spiro atoms. The number of aliphatic hydroxyl groups excluding tert-OH is 1. The van der Waals surface area contributed by atoms with Crippen LogP contribution in [0.25, 0.3) is 0 Å². The highest BCUT2D eigenvalue weighted by Crippen LogP contribution is 2.11.